The van der Waals surface area contributed by atoms with Gasteiger partial charge in [0.15, 0.2) is 0 Å². The molecule has 1 aliphatic rings. The summed E-state index contributed by atoms with van der Waals surface area (Å²) in [5.74, 6) is -0.695. The Kier molecular flexibility index (Phi) is 4.52. The highest BCUT2D eigenvalue weighted by Gasteiger charge is 2.22. The number of hydrogen-bond donors (Lipinski definition) is 1. The van der Waals surface area contributed by atoms with E-state index in [1.54, 1.807) is 42.2 Å². The highest BCUT2D eigenvalue weighted by atomic mass is 16.5. The highest BCUT2D eigenvalue weighted by Crippen LogP contribution is 2.30. The molecule has 6 nitrogen and oxygen atoms in total. The van der Waals surface area contributed by atoms with Gasteiger partial charge in [0.2, 0.25) is 5.91 Å². The SMILES string of the molecule is COC(=O)c1ccc(C(=O)Nc2ccc3c(c2)CCN3C(C)=O)cc1. The predicted molar refractivity (Wildman–Crippen MR) is 93.9 cm³/mol. The number of carbonyl (C=O) groups is 3. The van der Waals surface area contributed by atoms with Crippen molar-refractivity contribution < 1.29 is 19.1 Å². The molecule has 1 heterocycles. The molecule has 0 saturated carbocycles. The molecule has 0 unspecified atom stereocenters. The molecule has 2 aromatic rings. The number of amides is 2. The number of nitrogens with one attached hydrogen (secondary N) is 1. The van der Waals surface area contributed by atoms with Crippen LogP contribution in [0.4, 0.5) is 11.4 Å². The number of ether oxygens (including phenoxy) is 1. The van der Waals surface area contributed by atoms with Gasteiger partial charge >= 0.3 is 5.97 Å². The molecule has 0 aromatic heterocycles. The van der Waals surface area contributed by atoms with Crippen LogP contribution in [-0.4, -0.2) is 31.4 Å². The minimum atomic E-state index is -0.444. The van der Waals surface area contributed by atoms with Gasteiger partial charge in [-0.05, 0) is 54.4 Å². The maximum absolute atomic E-state index is 12.3. The molecule has 2 amide bonds. The van der Waals surface area contributed by atoms with Crippen molar-refractivity contribution in [1.82, 2.24) is 0 Å². The molecule has 0 bridgehead atoms. The summed E-state index contributed by atoms with van der Waals surface area (Å²) in [6.45, 7) is 2.21. The number of anilines is 2. The molecule has 6 heteroatoms. The summed E-state index contributed by atoms with van der Waals surface area (Å²) in [4.78, 5) is 37.1. The molecule has 0 saturated heterocycles. The minimum absolute atomic E-state index is 0.0150. The van der Waals surface area contributed by atoms with Crippen molar-refractivity contribution in [1.29, 1.82) is 0 Å². The van der Waals surface area contributed by atoms with Gasteiger partial charge in [-0.15, -0.1) is 0 Å². The quantitative estimate of drug-likeness (QED) is 0.873. The van der Waals surface area contributed by atoms with Crippen LogP contribution in [0.1, 0.15) is 33.2 Å². The zero-order valence-electron chi connectivity index (χ0n) is 14.0. The summed E-state index contributed by atoms with van der Waals surface area (Å²) < 4.78 is 4.63. The molecule has 1 aliphatic heterocycles. The van der Waals surface area contributed by atoms with E-state index in [1.807, 2.05) is 12.1 Å². The second-order valence-corrected chi connectivity index (χ2v) is 5.79. The van der Waals surface area contributed by atoms with E-state index in [0.29, 0.717) is 23.4 Å². The Hall–Kier alpha value is -3.15. The standard InChI is InChI=1S/C19H18N2O4/c1-12(22)21-10-9-15-11-16(7-8-17(15)21)20-18(23)13-3-5-14(6-4-13)19(24)25-2/h3-8,11H,9-10H2,1-2H3,(H,20,23). The third-order valence-corrected chi connectivity index (χ3v) is 4.18. The Bertz CT molecular complexity index is 843. The van der Waals surface area contributed by atoms with Crippen LogP contribution in [0.15, 0.2) is 42.5 Å². The normalized spacial score (nSPS) is 12.5. The van der Waals surface area contributed by atoms with Crippen LogP contribution in [0.2, 0.25) is 0 Å². The molecule has 3 rings (SSSR count). The number of esters is 1. The lowest BCUT2D eigenvalue weighted by Gasteiger charge is -2.15. The van der Waals surface area contributed by atoms with Crippen LogP contribution in [0.5, 0.6) is 0 Å². The monoisotopic (exact) mass is 338 g/mol. The Balaban J connectivity index is 1.73. The molecule has 0 aliphatic carbocycles. The van der Waals surface area contributed by atoms with Crippen LogP contribution in [0.25, 0.3) is 0 Å². The maximum atomic E-state index is 12.3. The molecule has 0 atom stereocenters. The first-order valence-electron chi connectivity index (χ1n) is 7.90. The largest absolute Gasteiger partial charge is 0.465 e. The number of carbonyl (C=O) groups excluding carboxylic acids is 3. The van der Waals surface area contributed by atoms with Gasteiger partial charge in [-0.3, -0.25) is 9.59 Å². The van der Waals surface area contributed by atoms with Gasteiger partial charge in [0.25, 0.3) is 5.91 Å². The molecule has 0 radical (unpaired) electrons. The number of fused-ring (bicyclic) bond motifs is 1. The average Bonchev–Trinajstić information content (AvgIpc) is 3.04. The molecule has 2 aromatic carbocycles. The average molecular weight is 338 g/mol. The third kappa shape index (κ3) is 3.38. The second-order valence-electron chi connectivity index (χ2n) is 5.79. The van der Waals surface area contributed by atoms with Gasteiger partial charge in [-0.2, -0.15) is 0 Å². The number of rotatable bonds is 3. The van der Waals surface area contributed by atoms with Crippen molar-refractivity contribution in [3.63, 3.8) is 0 Å². The molecule has 128 valence electrons. The third-order valence-electron chi connectivity index (χ3n) is 4.18. The van der Waals surface area contributed by atoms with E-state index in [9.17, 15) is 14.4 Å². The predicted octanol–water partition coefficient (Wildman–Crippen LogP) is 2.63. The lowest BCUT2D eigenvalue weighted by Crippen LogP contribution is -2.25. The smallest absolute Gasteiger partial charge is 0.337 e. The van der Waals surface area contributed by atoms with E-state index in [-0.39, 0.29) is 11.8 Å². The summed E-state index contributed by atoms with van der Waals surface area (Å²) >= 11 is 0. The van der Waals surface area contributed by atoms with E-state index >= 15 is 0 Å². The first-order chi connectivity index (χ1) is 12.0. The number of nitrogens with zero attached hydrogens (tertiary/aromatic N) is 1. The van der Waals surface area contributed by atoms with Crippen LogP contribution >= 0.6 is 0 Å². The van der Waals surface area contributed by atoms with Crippen molar-refractivity contribution in [2.75, 3.05) is 23.9 Å². The Morgan fingerprint density at radius 3 is 2.36 bits per heavy atom. The fourth-order valence-electron chi connectivity index (χ4n) is 2.89. The summed E-state index contributed by atoms with van der Waals surface area (Å²) in [7, 11) is 1.31. The fraction of sp³-hybridized carbons (Fsp3) is 0.211. The topological polar surface area (TPSA) is 75.7 Å². The number of benzene rings is 2. The molecular formula is C19H18N2O4. The van der Waals surface area contributed by atoms with Gasteiger partial charge < -0.3 is 15.0 Å². The first-order valence-corrected chi connectivity index (χ1v) is 7.90. The summed E-state index contributed by atoms with van der Waals surface area (Å²) in [6, 6.07) is 11.8. The van der Waals surface area contributed by atoms with Crippen molar-refractivity contribution in [2.24, 2.45) is 0 Å². The number of methoxy groups -OCH3 is 1. The van der Waals surface area contributed by atoms with E-state index < -0.39 is 5.97 Å². The lowest BCUT2D eigenvalue weighted by molar-refractivity contribution is -0.116. The van der Waals surface area contributed by atoms with Gasteiger partial charge in [-0.1, -0.05) is 0 Å². The van der Waals surface area contributed by atoms with E-state index in [0.717, 1.165) is 17.7 Å². The zero-order chi connectivity index (χ0) is 18.0. The Morgan fingerprint density at radius 2 is 1.72 bits per heavy atom. The van der Waals surface area contributed by atoms with Gasteiger partial charge in [0.1, 0.15) is 0 Å². The molecular weight excluding hydrogens is 320 g/mol. The maximum Gasteiger partial charge on any atom is 0.337 e. The summed E-state index contributed by atoms with van der Waals surface area (Å²) in [5, 5.41) is 2.84. The lowest BCUT2D eigenvalue weighted by atomic mass is 10.1. The molecule has 0 fully saturated rings. The van der Waals surface area contributed by atoms with E-state index in [4.69, 9.17) is 0 Å². The minimum Gasteiger partial charge on any atom is -0.465 e. The number of hydrogen-bond acceptors (Lipinski definition) is 4. The van der Waals surface area contributed by atoms with Gasteiger partial charge in [0.05, 0.1) is 12.7 Å². The zero-order valence-corrected chi connectivity index (χ0v) is 14.0. The molecule has 1 N–H and O–H groups in total. The summed E-state index contributed by atoms with van der Waals surface area (Å²) in [5.41, 5.74) is 3.44. The summed E-state index contributed by atoms with van der Waals surface area (Å²) in [6.07, 6.45) is 0.770. The van der Waals surface area contributed by atoms with Crippen LogP contribution < -0.4 is 10.2 Å². The first kappa shape index (κ1) is 16.7. The van der Waals surface area contributed by atoms with Gasteiger partial charge in [0, 0.05) is 30.4 Å². The molecule has 0 spiro atoms. The van der Waals surface area contributed by atoms with Crippen LogP contribution in [0, 0.1) is 0 Å². The fourth-order valence-corrected chi connectivity index (χ4v) is 2.89. The van der Waals surface area contributed by atoms with Crippen LogP contribution in [0.3, 0.4) is 0 Å². The van der Waals surface area contributed by atoms with E-state index in [2.05, 4.69) is 10.1 Å². The van der Waals surface area contributed by atoms with Crippen molar-refractivity contribution >= 4 is 29.2 Å². The Labute approximate surface area is 145 Å². The van der Waals surface area contributed by atoms with Crippen LogP contribution in [-0.2, 0) is 16.0 Å². The van der Waals surface area contributed by atoms with Crippen molar-refractivity contribution in [3.05, 3.63) is 59.2 Å². The van der Waals surface area contributed by atoms with Crippen molar-refractivity contribution in [2.45, 2.75) is 13.3 Å². The second kappa shape index (κ2) is 6.76. The highest BCUT2D eigenvalue weighted by molar-refractivity contribution is 6.05. The van der Waals surface area contributed by atoms with E-state index in [1.165, 1.54) is 7.11 Å². The molecule has 25 heavy (non-hydrogen) atoms. The van der Waals surface area contributed by atoms with Gasteiger partial charge in [-0.25, -0.2) is 4.79 Å². The van der Waals surface area contributed by atoms with Crippen molar-refractivity contribution in [3.8, 4) is 0 Å². The Morgan fingerprint density at radius 1 is 1.04 bits per heavy atom.